The topological polar surface area (TPSA) is 50.4 Å². The van der Waals surface area contributed by atoms with Gasteiger partial charge >= 0.3 is 6.03 Å². The standard InChI is InChI=1S/C20H26N2O2/c1-3-4-6-16-9-11-18(12-10-16)22-20(23)21-14-13-17-7-5-8-19(15-17)24-2/h5,7-12,15H,3-4,6,13-14H2,1-2H3,(H2,21,22,23). The first-order chi connectivity index (χ1) is 11.7. The van der Waals surface area contributed by atoms with Gasteiger partial charge in [-0.3, -0.25) is 0 Å². The van der Waals surface area contributed by atoms with Gasteiger partial charge in [0, 0.05) is 12.2 Å². The van der Waals surface area contributed by atoms with Crippen molar-refractivity contribution in [3.8, 4) is 5.75 Å². The smallest absolute Gasteiger partial charge is 0.319 e. The van der Waals surface area contributed by atoms with E-state index in [1.54, 1.807) is 7.11 Å². The molecule has 0 saturated heterocycles. The fraction of sp³-hybridized carbons (Fsp3) is 0.350. The highest BCUT2D eigenvalue weighted by Gasteiger charge is 2.02. The third-order valence-corrected chi connectivity index (χ3v) is 3.86. The number of hydrogen-bond donors (Lipinski definition) is 2. The van der Waals surface area contributed by atoms with Crippen LogP contribution in [0.2, 0.25) is 0 Å². The van der Waals surface area contributed by atoms with Crippen molar-refractivity contribution in [2.75, 3.05) is 19.0 Å². The summed E-state index contributed by atoms with van der Waals surface area (Å²) in [4.78, 5) is 11.9. The zero-order valence-electron chi connectivity index (χ0n) is 14.5. The monoisotopic (exact) mass is 326 g/mol. The van der Waals surface area contributed by atoms with E-state index in [-0.39, 0.29) is 6.03 Å². The van der Waals surface area contributed by atoms with Crippen molar-refractivity contribution in [2.24, 2.45) is 0 Å². The molecule has 4 nitrogen and oxygen atoms in total. The maximum Gasteiger partial charge on any atom is 0.319 e. The molecule has 2 aromatic rings. The Morgan fingerprint density at radius 3 is 2.54 bits per heavy atom. The Kier molecular flexibility index (Phi) is 7.15. The second-order valence-corrected chi connectivity index (χ2v) is 5.78. The lowest BCUT2D eigenvalue weighted by Gasteiger charge is -2.09. The van der Waals surface area contributed by atoms with E-state index in [9.17, 15) is 4.79 Å². The molecule has 4 heteroatoms. The number of anilines is 1. The lowest BCUT2D eigenvalue weighted by atomic mass is 10.1. The van der Waals surface area contributed by atoms with Crippen molar-refractivity contribution in [3.05, 3.63) is 59.7 Å². The number of methoxy groups -OCH3 is 1. The Morgan fingerprint density at radius 1 is 1.04 bits per heavy atom. The number of unbranched alkanes of at least 4 members (excludes halogenated alkanes) is 1. The van der Waals surface area contributed by atoms with Crippen LogP contribution in [0.15, 0.2) is 48.5 Å². The number of urea groups is 1. The number of rotatable bonds is 8. The molecule has 0 saturated carbocycles. The Morgan fingerprint density at radius 2 is 1.83 bits per heavy atom. The Hall–Kier alpha value is -2.49. The summed E-state index contributed by atoms with van der Waals surface area (Å²) in [5.74, 6) is 0.833. The van der Waals surface area contributed by atoms with Crippen LogP contribution in [0.4, 0.5) is 10.5 Å². The van der Waals surface area contributed by atoms with E-state index in [4.69, 9.17) is 4.74 Å². The molecule has 0 fully saturated rings. The summed E-state index contributed by atoms with van der Waals surface area (Å²) in [5.41, 5.74) is 3.25. The van der Waals surface area contributed by atoms with Gasteiger partial charge < -0.3 is 15.4 Å². The molecule has 0 spiro atoms. The molecule has 2 amide bonds. The molecule has 0 aliphatic rings. The summed E-state index contributed by atoms with van der Waals surface area (Å²) < 4.78 is 5.20. The number of carbonyl (C=O) groups is 1. The Labute approximate surface area is 144 Å². The third-order valence-electron chi connectivity index (χ3n) is 3.86. The summed E-state index contributed by atoms with van der Waals surface area (Å²) in [7, 11) is 1.65. The molecule has 0 unspecified atom stereocenters. The van der Waals surface area contributed by atoms with Crippen molar-refractivity contribution in [1.29, 1.82) is 0 Å². The SMILES string of the molecule is CCCCc1ccc(NC(=O)NCCc2cccc(OC)c2)cc1. The van der Waals surface area contributed by atoms with Crippen LogP contribution >= 0.6 is 0 Å². The first-order valence-electron chi connectivity index (χ1n) is 8.48. The van der Waals surface area contributed by atoms with Crippen LogP contribution < -0.4 is 15.4 Å². The summed E-state index contributed by atoms with van der Waals surface area (Å²) >= 11 is 0. The average molecular weight is 326 g/mol. The van der Waals surface area contributed by atoms with E-state index >= 15 is 0 Å². The van der Waals surface area contributed by atoms with Crippen molar-refractivity contribution >= 4 is 11.7 Å². The molecular weight excluding hydrogens is 300 g/mol. The van der Waals surface area contributed by atoms with Crippen LogP contribution in [0.25, 0.3) is 0 Å². The minimum atomic E-state index is -0.181. The molecule has 0 aromatic heterocycles. The number of aryl methyl sites for hydroxylation is 1. The first-order valence-corrected chi connectivity index (χ1v) is 8.48. The molecule has 24 heavy (non-hydrogen) atoms. The van der Waals surface area contributed by atoms with Gasteiger partial charge in [-0.05, 0) is 54.7 Å². The normalized spacial score (nSPS) is 10.2. The average Bonchev–Trinajstić information content (AvgIpc) is 2.61. The maximum atomic E-state index is 11.9. The fourth-order valence-corrected chi connectivity index (χ4v) is 2.46. The molecule has 0 radical (unpaired) electrons. The molecule has 0 heterocycles. The zero-order valence-corrected chi connectivity index (χ0v) is 14.5. The van der Waals surface area contributed by atoms with Crippen LogP contribution in [0, 0.1) is 0 Å². The zero-order chi connectivity index (χ0) is 17.2. The quantitative estimate of drug-likeness (QED) is 0.755. The van der Waals surface area contributed by atoms with Gasteiger partial charge in [0.05, 0.1) is 7.11 Å². The lowest BCUT2D eigenvalue weighted by molar-refractivity contribution is 0.252. The lowest BCUT2D eigenvalue weighted by Crippen LogP contribution is -2.30. The predicted molar refractivity (Wildman–Crippen MR) is 98.8 cm³/mol. The van der Waals surface area contributed by atoms with E-state index in [2.05, 4.69) is 29.7 Å². The fourth-order valence-electron chi connectivity index (χ4n) is 2.46. The number of benzene rings is 2. The molecule has 0 bridgehead atoms. The van der Waals surface area contributed by atoms with Gasteiger partial charge in [-0.15, -0.1) is 0 Å². The highest BCUT2D eigenvalue weighted by molar-refractivity contribution is 5.89. The molecule has 0 aliphatic heterocycles. The summed E-state index contributed by atoms with van der Waals surface area (Å²) in [6.45, 7) is 2.76. The highest BCUT2D eigenvalue weighted by atomic mass is 16.5. The number of carbonyl (C=O) groups excluding carboxylic acids is 1. The van der Waals surface area contributed by atoms with E-state index in [0.717, 1.165) is 29.8 Å². The maximum absolute atomic E-state index is 11.9. The van der Waals surface area contributed by atoms with Crippen LogP contribution in [-0.2, 0) is 12.8 Å². The second-order valence-electron chi connectivity index (χ2n) is 5.78. The van der Waals surface area contributed by atoms with Gasteiger partial charge in [-0.2, -0.15) is 0 Å². The highest BCUT2D eigenvalue weighted by Crippen LogP contribution is 2.13. The van der Waals surface area contributed by atoms with E-state index in [1.807, 2.05) is 36.4 Å². The number of ether oxygens (including phenoxy) is 1. The summed E-state index contributed by atoms with van der Waals surface area (Å²) in [5, 5.41) is 5.73. The molecule has 2 N–H and O–H groups in total. The molecular formula is C20H26N2O2. The van der Waals surface area contributed by atoms with Crippen molar-refractivity contribution in [3.63, 3.8) is 0 Å². The van der Waals surface area contributed by atoms with E-state index in [0.29, 0.717) is 6.54 Å². The molecule has 2 rings (SSSR count). The molecule has 2 aromatic carbocycles. The Bertz CT molecular complexity index is 638. The summed E-state index contributed by atoms with van der Waals surface area (Å²) in [6, 6.07) is 15.7. The van der Waals surface area contributed by atoms with Crippen molar-refractivity contribution < 1.29 is 9.53 Å². The van der Waals surface area contributed by atoms with E-state index < -0.39 is 0 Å². The largest absolute Gasteiger partial charge is 0.497 e. The third kappa shape index (κ3) is 5.95. The van der Waals surface area contributed by atoms with Crippen molar-refractivity contribution in [1.82, 2.24) is 5.32 Å². The number of hydrogen-bond acceptors (Lipinski definition) is 2. The van der Waals surface area contributed by atoms with Crippen molar-refractivity contribution in [2.45, 2.75) is 32.6 Å². The van der Waals surface area contributed by atoms with Gasteiger partial charge in [-0.25, -0.2) is 4.79 Å². The van der Waals surface area contributed by atoms with Gasteiger partial charge in [0.1, 0.15) is 5.75 Å². The van der Waals surface area contributed by atoms with Gasteiger partial charge in [-0.1, -0.05) is 37.6 Å². The minimum absolute atomic E-state index is 0.181. The van der Waals surface area contributed by atoms with Gasteiger partial charge in [0.25, 0.3) is 0 Å². The molecule has 0 aliphatic carbocycles. The molecule has 128 valence electrons. The van der Waals surface area contributed by atoms with Crippen LogP contribution in [0.1, 0.15) is 30.9 Å². The summed E-state index contributed by atoms with van der Waals surface area (Å²) in [6.07, 6.45) is 4.23. The van der Waals surface area contributed by atoms with Crippen LogP contribution in [-0.4, -0.2) is 19.7 Å². The molecule has 0 atom stereocenters. The number of nitrogens with one attached hydrogen (secondary N) is 2. The predicted octanol–water partition coefficient (Wildman–Crippen LogP) is 4.40. The van der Waals surface area contributed by atoms with Crippen LogP contribution in [0.5, 0.6) is 5.75 Å². The number of amides is 2. The van der Waals surface area contributed by atoms with E-state index in [1.165, 1.54) is 18.4 Å². The Balaban J connectivity index is 1.74. The first kappa shape index (κ1) is 17.9. The van der Waals surface area contributed by atoms with Crippen LogP contribution in [0.3, 0.4) is 0 Å². The van der Waals surface area contributed by atoms with Gasteiger partial charge in [0.15, 0.2) is 0 Å². The minimum Gasteiger partial charge on any atom is -0.497 e. The van der Waals surface area contributed by atoms with Gasteiger partial charge in [0.2, 0.25) is 0 Å². The second kappa shape index (κ2) is 9.60.